The highest BCUT2D eigenvalue weighted by Gasteiger charge is 2.23. The topological polar surface area (TPSA) is 88.1 Å². The van der Waals surface area contributed by atoms with Gasteiger partial charge in [-0.05, 0) is 30.7 Å². The Balaban J connectivity index is 1.45. The molecule has 2 aromatic carbocycles. The lowest BCUT2D eigenvalue weighted by Crippen LogP contribution is -2.41. The first-order valence-corrected chi connectivity index (χ1v) is 13.4. The number of benzene rings is 2. The number of nitrogens with zero attached hydrogens (tertiary/aromatic N) is 4. The van der Waals surface area contributed by atoms with E-state index in [0.29, 0.717) is 35.3 Å². The molecule has 1 atom stereocenters. The van der Waals surface area contributed by atoms with E-state index in [4.69, 9.17) is 11.6 Å². The van der Waals surface area contributed by atoms with E-state index in [-0.39, 0.29) is 23.4 Å². The highest BCUT2D eigenvalue weighted by atomic mass is 35.5. The summed E-state index contributed by atoms with van der Waals surface area (Å²) in [5.74, 6) is 0.441. The highest BCUT2D eigenvalue weighted by Crippen LogP contribution is 2.35. The third-order valence-corrected chi connectivity index (χ3v) is 8.05. The van der Waals surface area contributed by atoms with Crippen LogP contribution >= 0.6 is 11.6 Å². The first-order chi connectivity index (χ1) is 16.8. The van der Waals surface area contributed by atoms with Gasteiger partial charge in [-0.3, -0.25) is 4.98 Å². The Morgan fingerprint density at radius 1 is 1.00 bits per heavy atom. The van der Waals surface area contributed by atoms with Crippen LogP contribution in [0.4, 0.5) is 16.0 Å². The summed E-state index contributed by atoms with van der Waals surface area (Å²) in [6.45, 7) is 2.65. The average molecular weight is 512 g/mol. The molecule has 7 nitrogen and oxygen atoms in total. The van der Waals surface area contributed by atoms with Crippen LogP contribution in [0.15, 0.2) is 61.1 Å². The molecule has 4 aromatic rings. The van der Waals surface area contributed by atoms with E-state index in [9.17, 15) is 12.8 Å². The molecule has 1 aliphatic heterocycles. The second kappa shape index (κ2) is 9.39. The summed E-state index contributed by atoms with van der Waals surface area (Å²) in [6, 6.07) is 12.1. The number of sulfone groups is 1. The monoisotopic (exact) mass is 511 g/mol. The maximum Gasteiger partial charge on any atom is 0.225 e. The fourth-order valence-corrected chi connectivity index (χ4v) is 5.57. The van der Waals surface area contributed by atoms with Crippen molar-refractivity contribution in [1.29, 1.82) is 0 Å². The van der Waals surface area contributed by atoms with Crippen LogP contribution in [0, 0.1) is 5.82 Å². The van der Waals surface area contributed by atoms with Crippen LogP contribution in [-0.2, 0) is 9.84 Å². The van der Waals surface area contributed by atoms with E-state index >= 15 is 0 Å². The minimum atomic E-state index is -2.97. The number of aromatic nitrogens is 3. The van der Waals surface area contributed by atoms with Gasteiger partial charge in [0.05, 0.1) is 33.8 Å². The summed E-state index contributed by atoms with van der Waals surface area (Å²) in [5.41, 5.74) is 3.62. The molecule has 0 amide bonds. The molecule has 1 N–H and O–H groups in total. The molecule has 0 aliphatic carbocycles. The molecular weight excluding hydrogens is 489 g/mol. The zero-order valence-corrected chi connectivity index (χ0v) is 20.5. The predicted octanol–water partition coefficient (Wildman–Crippen LogP) is 4.89. The summed E-state index contributed by atoms with van der Waals surface area (Å²) in [5, 5.41) is 4.58. The van der Waals surface area contributed by atoms with Gasteiger partial charge < -0.3 is 10.2 Å². The van der Waals surface area contributed by atoms with Crippen molar-refractivity contribution >= 4 is 44.0 Å². The van der Waals surface area contributed by atoms with Crippen LogP contribution in [-0.4, -0.2) is 48.0 Å². The van der Waals surface area contributed by atoms with Gasteiger partial charge >= 0.3 is 0 Å². The molecule has 1 fully saturated rings. The SMILES string of the molecule is CC(Nc1c(Cl)cnc2ccc(-c3cnc(N4CCS(=O)(=O)CC4)nc3)cc12)c1ccccc1F. The Labute approximate surface area is 207 Å². The van der Waals surface area contributed by atoms with Crippen LogP contribution in [0.25, 0.3) is 22.0 Å². The minimum absolute atomic E-state index is 0.109. The summed E-state index contributed by atoms with van der Waals surface area (Å²) in [4.78, 5) is 15.2. The number of fused-ring (bicyclic) bond motifs is 1. The van der Waals surface area contributed by atoms with Crippen LogP contribution < -0.4 is 10.2 Å². The second-order valence-electron chi connectivity index (χ2n) is 8.51. The van der Waals surface area contributed by atoms with E-state index in [2.05, 4.69) is 20.3 Å². The summed E-state index contributed by atoms with van der Waals surface area (Å²) >= 11 is 6.51. The van der Waals surface area contributed by atoms with Crippen molar-refractivity contribution in [3.63, 3.8) is 0 Å². The summed E-state index contributed by atoms with van der Waals surface area (Å²) < 4.78 is 37.7. The van der Waals surface area contributed by atoms with Gasteiger partial charge in [-0.1, -0.05) is 35.9 Å². The molecule has 3 heterocycles. The molecule has 1 saturated heterocycles. The van der Waals surface area contributed by atoms with Crippen LogP contribution in [0.5, 0.6) is 0 Å². The molecule has 0 saturated carbocycles. The van der Waals surface area contributed by atoms with Gasteiger partial charge in [-0.25, -0.2) is 22.8 Å². The molecule has 35 heavy (non-hydrogen) atoms. The van der Waals surface area contributed by atoms with E-state index in [1.807, 2.05) is 30.0 Å². The van der Waals surface area contributed by atoms with E-state index < -0.39 is 9.84 Å². The van der Waals surface area contributed by atoms with Crippen molar-refractivity contribution in [1.82, 2.24) is 15.0 Å². The number of nitrogens with one attached hydrogen (secondary N) is 1. The lowest BCUT2D eigenvalue weighted by molar-refractivity contribution is 0.585. The van der Waals surface area contributed by atoms with Crippen molar-refractivity contribution < 1.29 is 12.8 Å². The zero-order chi connectivity index (χ0) is 24.6. The number of halogens is 2. The van der Waals surface area contributed by atoms with Crippen LogP contribution in [0.1, 0.15) is 18.5 Å². The van der Waals surface area contributed by atoms with Gasteiger partial charge in [-0.2, -0.15) is 0 Å². The van der Waals surface area contributed by atoms with Gasteiger partial charge in [0.25, 0.3) is 0 Å². The van der Waals surface area contributed by atoms with Crippen molar-refractivity contribution in [2.24, 2.45) is 0 Å². The number of hydrogen-bond acceptors (Lipinski definition) is 7. The fraction of sp³-hybridized carbons (Fsp3) is 0.240. The average Bonchev–Trinajstić information content (AvgIpc) is 2.86. The van der Waals surface area contributed by atoms with Crippen molar-refractivity contribution in [2.75, 3.05) is 34.8 Å². The third kappa shape index (κ3) is 4.92. The fourth-order valence-electron chi connectivity index (χ4n) is 4.16. The number of rotatable bonds is 5. The third-order valence-electron chi connectivity index (χ3n) is 6.15. The normalized spacial score (nSPS) is 16.3. The van der Waals surface area contributed by atoms with Crippen molar-refractivity contribution in [3.8, 4) is 11.1 Å². The Morgan fingerprint density at radius 3 is 2.43 bits per heavy atom. The maximum absolute atomic E-state index is 14.3. The number of pyridine rings is 1. The molecule has 5 rings (SSSR count). The van der Waals surface area contributed by atoms with E-state index in [0.717, 1.165) is 22.0 Å². The Hall–Kier alpha value is -3.30. The summed E-state index contributed by atoms with van der Waals surface area (Å²) in [7, 11) is -2.97. The van der Waals surface area contributed by atoms with Crippen molar-refractivity contribution in [3.05, 3.63) is 77.5 Å². The molecule has 2 aromatic heterocycles. The van der Waals surface area contributed by atoms with Crippen LogP contribution in [0.3, 0.4) is 0 Å². The largest absolute Gasteiger partial charge is 0.377 e. The maximum atomic E-state index is 14.3. The van der Waals surface area contributed by atoms with Gasteiger partial charge in [0.15, 0.2) is 9.84 Å². The molecule has 1 aliphatic rings. The smallest absolute Gasteiger partial charge is 0.225 e. The molecule has 1 unspecified atom stereocenters. The minimum Gasteiger partial charge on any atom is -0.377 e. The summed E-state index contributed by atoms with van der Waals surface area (Å²) in [6.07, 6.45) is 5.02. The predicted molar refractivity (Wildman–Crippen MR) is 137 cm³/mol. The van der Waals surface area contributed by atoms with E-state index in [1.165, 1.54) is 6.07 Å². The van der Waals surface area contributed by atoms with Gasteiger partial charge in [0.2, 0.25) is 5.95 Å². The Bertz CT molecular complexity index is 1480. The number of anilines is 2. The Morgan fingerprint density at radius 2 is 1.71 bits per heavy atom. The highest BCUT2D eigenvalue weighted by molar-refractivity contribution is 7.91. The first kappa shape index (κ1) is 23.4. The standard InChI is InChI=1S/C25H23ClFN5O2S/c1-16(19-4-2-3-5-22(19)27)31-24-20-12-17(6-7-23(20)28-15-21(24)26)18-13-29-25(30-14-18)32-8-10-35(33,34)11-9-32/h2-7,12-16H,8-11H2,1H3,(H,28,31). The lowest BCUT2D eigenvalue weighted by Gasteiger charge is -2.26. The quantitative estimate of drug-likeness (QED) is 0.408. The lowest BCUT2D eigenvalue weighted by atomic mass is 10.0. The van der Waals surface area contributed by atoms with Gasteiger partial charge in [0, 0.05) is 48.2 Å². The van der Waals surface area contributed by atoms with Gasteiger partial charge in [-0.15, -0.1) is 0 Å². The molecular formula is C25H23ClFN5O2S. The number of hydrogen-bond donors (Lipinski definition) is 1. The molecule has 0 bridgehead atoms. The zero-order valence-electron chi connectivity index (χ0n) is 18.9. The molecule has 0 radical (unpaired) electrons. The first-order valence-electron chi connectivity index (χ1n) is 11.2. The van der Waals surface area contributed by atoms with E-state index in [1.54, 1.807) is 36.8 Å². The molecule has 0 spiro atoms. The van der Waals surface area contributed by atoms with Crippen molar-refractivity contribution in [2.45, 2.75) is 13.0 Å². The Kier molecular flexibility index (Phi) is 6.29. The molecule has 180 valence electrons. The molecule has 10 heteroatoms. The van der Waals surface area contributed by atoms with Crippen LogP contribution in [0.2, 0.25) is 5.02 Å². The second-order valence-corrected chi connectivity index (χ2v) is 11.2. The van der Waals surface area contributed by atoms with Gasteiger partial charge in [0.1, 0.15) is 5.82 Å².